The van der Waals surface area contributed by atoms with Crippen molar-refractivity contribution in [2.24, 2.45) is 17.8 Å². The molecule has 1 fully saturated rings. The van der Waals surface area contributed by atoms with Crippen molar-refractivity contribution in [1.29, 1.82) is 0 Å². The minimum Gasteiger partial charge on any atom is -0.481 e. The number of anilines is 1. The average Bonchev–Trinajstić information content (AvgIpc) is 1.61. The highest BCUT2D eigenvalue weighted by Crippen LogP contribution is 2.42. The second-order valence-electron chi connectivity index (χ2n) is 21.5. The predicted molar refractivity (Wildman–Crippen MR) is 339 cm³/mol. The number of hydrogen-bond donors (Lipinski definition) is 8. The van der Waals surface area contributed by atoms with Gasteiger partial charge in [0.1, 0.15) is 82.2 Å². The van der Waals surface area contributed by atoms with E-state index < -0.39 is 84.1 Å². The second-order valence-corrected chi connectivity index (χ2v) is 27.4. The zero-order chi connectivity index (χ0) is 63.9. The number of rotatable bonds is 17. The number of amides is 6. The number of carboxylic acids is 2. The Hall–Kier alpha value is -8.17. The predicted octanol–water partition coefficient (Wildman–Crippen LogP) is 8.40. The number of fused-ring (bicyclic) bond motifs is 14. The molecule has 1 aliphatic heterocycles. The van der Waals surface area contributed by atoms with Crippen LogP contribution in [0.3, 0.4) is 0 Å². The van der Waals surface area contributed by atoms with E-state index in [1.54, 1.807) is 70.9 Å². The molecule has 0 spiro atoms. The lowest BCUT2D eigenvalue weighted by molar-refractivity contribution is -0.148. The number of ether oxygens (including phenoxy) is 1. The van der Waals surface area contributed by atoms with Gasteiger partial charge in [0.2, 0.25) is 17.7 Å². The van der Waals surface area contributed by atoms with Gasteiger partial charge in [-0.25, -0.2) is 34.9 Å². The van der Waals surface area contributed by atoms with Gasteiger partial charge in [0.25, 0.3) is 17.7 Å². The van der Waals surface area contributed by atoms with E-state index in [0.29, 0.717) is 93.8 Å². The molecule has 1 aliphatic carbocycles. The maximum atomic E-state index is 14.4. The van der Waals surface area contributed by atoms with Crippen LogP contribution in [0.2, 0.25) is 0 Å². The monoisotopic (exact) mass is 1340 g/mol. The van der Waals surface area contributed by atoms with Crippen molar-refractivity contribution < 1.29 is 58.4 Å². The number of nitrogens with one attached hydrogen (secondary N) is 5. The van der Waals surface area contributed by atoms with Gasteiger partial charge in [0.05, 0.1) is 48.1 Å². The van der Waals surface area contributed by atoms with E-state index in [1.165, 1.54) is 53.1 Å². The Balaban J connectivity index is 1.04. The number of hydrogen-bond acceptors (Lipinski definition) is 23. The maximum Gasteiger partial charge on any atom is 0.306 e. The Bertz CT molecular complexity index is 3980. The van der Waals surface area contributed by atoms with E-state index in [2.05, 4.69) is 26.6 Å². The zero-order valence-corrected chi connectivity index (χ0v) is 53.9. The molecule has 8 heterocycles. The molecular weight excluding hydrogens is 1280 g/mol. The highest BCUT2D eigenvalue weighted by atomic mass is 32.1. The number of benzene rings is 1. The molecule has 0 unspecified atom stereocenters. The number of methoxy groups -OCH3 is 1. The number of aliphatic carboxylic acids is 2. The first kappa shape index (κ1) is 64.8. The summed E-state index contributed by atoms with van der Waals surface area (Å²) in [7, 11) is 2.92. The highest BCUT2D eigenvalue weighted by Gasteiger charge is 2.42. The number of nitrogens with zero attached hydrogens (tertiary/aromatic N) is 8. The van der Waals surface area contributed by atoms with Crippen LogP contribution in [0.1, 0.15) is 145 Å². The van der Waals surface area contributed by atoms with E-state index in [9.17, 15) is 53.7 Å². The number of aromatic nitrogens is 7. The third-order valence-corrected chi connectivity index (χ3v) is 20.6. The van der Waals surface area contributed by atoms with Crippen LogP contribution < -0.4 is 31.5 Å². The SMILES string of the molecule is CNC(=O)C[C@@H]1NC(=O)c2csc(n2)-c2ccc(-c3nc(N(CCCCCC(=O)O)C(=O)C4CC(C(=O)O)C4)cs3)nc2-c2csc(n2)-c2csc(n2)[C@H]([C@@H](O)c2ccccc2)NC(=O)CNC(=O)c2nc(sc2COC)[C@H](C(C)C)NC(=O)c2nc1sc2C. The van der Waals surface area contributed by atoms with E-state index >= 15 is 0 Å². The topological polar surface area (TPSA) is 360 Å². The van der Waals surface area contributed by atoms with Crippen molar-refractivity contribution in [2.45, 2.75) is 96.6 Å². The number of thiazole rings is 6. The molecule has 7 aromatic heterocycles. The van der Waals surface area contributed by atoms with Gasteiger partial charge in [0, 0.05) is 65.0 Å². The normalized spacial score (nSPS) is 18.3. The Kier molecular flexibility index (Phi) is 20.7. The quantitative estimate of drug-likeness (QED) is 0.0396. The van der Waals surface area contributed by atoms with Gasteiger partial charge in [-0.15, -0.1) is 68.0 Å². The first-order chi connectivity index (χ1) is 43.3. The first-order valence-electron chi connectivity index (χ1n) is 28.5. The summed E-state index contributed by atoms with van der Waals surface area (Å²) in [6.07, 6.45) is 0.226. The maximum absolute atomic E-state index is 14.4. The molecule has 8 N–H and O–H groups in total. The van der Waals surface area contributed by atoms with E-state index in [-0.39, 0.29) is 72.7 Å². The minimum absolute atomic E-state index is 0.00187. The van der Waals surface area contributed by atoms with E-state index in [4.69, 9.17) is 39.6 Å². The van der Waals surface area contributed by atoms with Crippen LogP contribution in [-0.4, -0.2) is 125 Å². The fourth-order valence-corrected chi connectivity index (χ4v) is 15.6. The number of carboxylic acid groups (broad SMARTS) is 2. The van der Waals surface area contributed by atoms with E-state index in [1.807, 2.05) is 13.8 Å². The molecule has 1 saturated carbocycles. The summed E-state index contributed by atoms with van der Waals surface area (Å²) in [5, 5.41) is 53.8. The Morgan fingerprint density at radius 2 is 1.40 bits per heavy atom. The number of carbonyl (C=O) groups excluding carboxylic acids is 6. The lowest BCUT2D eigenvalue weighted by Crippen LogP contribution is -2.44. The number of pyridine rings is 1. The molecular formula is C59H61N13O12S6. The van der Waals surface area contributed by atoms with Crippen LogP contribution in [0.4, 0.5) is 5.82 Å². The van der Waals surface area contributed by atoms with Crippen molar-refractivity contribution in [3.05, 3.63) is 111 Å². The van der Waals surface area contributed by atoms with Crippen molar-refractivity contribution in [3.63, 3.8) is 0 Å². The molecule has 0 saturated heterocycles. The third-order valence-electron chi connectivity index (χ3n) is 14.9. The molecule has 470 valence electrons. The number of carbonyl (C=O) groups is 8. The Morgan fingerprint density at radius 3 is 2.13 bits per heavy atom. The summed E-state index contributed by atoms with van der Waals surface area (Å²) in [4.78, 5) is 143. The second kappa shape index (κ2) is 28.8. The van der Waals surface area contributed by atoms with Gasteiger partial charge in [-0.1, -0.05) is 50.6 Å². The molecule has 25 nitrogen and oxygen atoms in total. The van der Waals surface area contributed by atoms with E-state index in [0.717, 1.165) is 34.0 Å². The first-order valence-corrected chi connectivity index (χ1v) is 33.6. The summed E-state index contributed by atoms with van der Waals surface area (Å²) in [6.45, 7) is 5.13. The zero-order valence-electron chi connectivity index (χ0n) is 49.0. The molecule has 0 radical (unpaired) electrons. The standard InChI is InChI=1S/C59H61N13O12S6/c1-27(2)43-57-71-46(38(90-57)22-84-5)50(79)61-21-41(74)68-47(48(77)29-12-8-6-9-13-29)56-66-37(25-87-56)54-64-35(23-86-54)45-32(52-65-36(24-85-52)49(78)63-34(20-40(73)60-4)55-70-44(28(3)89-55)51(80)69-43)15-16-33(62-45)53-67-39(26-88-53)72(17-11-7-10-14-42(75)76)58(81)30-18-31(19-30)59(82)83/h6,8-9,12-13,15-16,23-27,30-31,34,43,47-48,77H,7,10-11,14,17-22H2,1-5H3,(H,60,73)(H,61,79)(H,63,78)(H,68,74)(H,69,80)(H,75,76)(H,82,83)/t30?,31?,34-,43-,47-,48-/m0/s1. The van der Waals surface area contributed by atoms with Crippen molar-refractivity contribution in [1.82, 2.24) is 61.5 Å². The van der Waals surface area contributed by atoms with Crippen molar-refractivity contribution >= 4 is 121 Å². The van der Waals surface area contributed by atoms with Gasteiger partial charge in [-0.05, 0) is 56.2 Å². The summed E-state index contributed by atoms with van der Waals surface area (Å²) in [5.74, 6) is -6.23. The lowest BCUT2D eigenvalue weighted by atomic mass is 9.74. The van der Waals surface area contributed by atoms with Crippen LogP contribution >= 0.6 is 68.0 Å². The van der Waals surface area contributed by atoms with Gasteiger partial charge in [0.15, 0.2) is 0 Å². The molecule has 4 atom stereocenters. The smallest absolute Gasteiger partial charge is 0.306 e. The summed E-state index contributed by atoms with van der Waals surface area (Å²) >= 11 is 7.07. The van der Waals surface area contributed by atoms with Gasteiger partial charge < -0.3 is 46.6 Å². The molecule has 31 heteroatoms. The van der Waals surface area contributed by atoms with Crippen molar-refractivity contribution in [2.75, 3.05) is 32.1 Å². The van der Waals surface area contributed by atoms with Gasteiger partial charge in [-0.2, -0.15) is 0 Å². The number of aliphatic hydroxyl groups is 1. The molecule has 90 heavy (non-hydrogen) atoms. The summed E-state index contributed by atoms with van der Waals surface area (Å²) in [6, 6.07) is 9.34. The Labute approximate surface area is 538 Å². The molecule has 10 bridgehead atoms. The van der Waals surface area contributed by atoms with Crippen LogP contribution in [0.15, 0.2) is 64.0 Å². The largest absolute Gasteiger partial charge is 0.481 e. The summed E-state index contributed by atoms with van der Waals surface area (Å²) < 4.78 is 5.45. The highest BCUT2D eigenvalue weighted by molar-refractivity contribution is 7.15. The molecule has 6 amide bonds. The van der Waals surface area contributed by atoms with Crippen LogP contribution in [0, 0.1) is 24.7 Å². The number of unbranched alkanes of at least 4 members (excludes halogenated alkanes) is 2. The lowest BCUT2D eigenvalue weighted by Gasteiger charge is -2.34. The fourth-order valence-electron chi connectivity index (χ4n) is 10.0. The molecule has 8 aromatic rings. The molecule has 1 aromatic carbocycles. The average molecular weight is 1340 g/mol. The summed E-state index contributed by atoms with van der Waals surface area (Å²) in [5.41, 5.74) is 2.46. The van der Waals surface area contributed by atoms with Crippen molar-refractivity contribution in [3.8, 4) is 43.4 Å². The van der Waals surface area contributed by atoms with Gasteiger partial charge >= 0.3 is 11.9 Å². The number of aliphatic hydroxyl groups excluding tert-OH is 1. The number of aryl methyl sites for hydroxylation is 1. The van der Waals surface area contributed by atoms with Crippen LogP contribution in [-0.2, 0) is 35.3 Å². The minimum atomic E-state index is -1.30. The third kappa shape index (κ3) is 14.8. The van der Waals surface area contributed by atoms with Gasteiger partial charge in [-0.3, -0.25) is 43.3 Å². The molecule has 10 rings (SSSR count). The van der Waals surface area contributed by atoms with Crippen LogP contribution in [0.5, 0.6) is 0 Å². The Morgan fingerprint density at radius 1 is 0.689 bits per heavy atom. The van der Waals surface area contributed by atoms with Crippen LogP contribution in [0.25, 0.3) is 43.4 Å². The fraction of sp³-hybridized carbons (Fsp3) is 0.373. The molecule has 2 aliphatic rings.